The Morgan fingerprint density at radius 2 is 2.00 bits per heavy atom. The highest BCUT2D eigenvalue weighted by Gasteiger charge is 1.99. The molecule has 0 saturated heterocycles. The Morgan fingerprint density at radius 1 is 1.21 bits per heavy atom. The van der Waals surface area contributed by atoms with E-state index in [2.05, 4.69) is 15.3 Å². The quantitative estimate of drug-likeness (QED) is 0.628. The lowest BCUT2D eigenvalue weighted by Crippen LogP contribution is -1.99. The minimum atomic E-state index is 0.133. The minimum absolute atomic E-state index is 0.133. The lowest BCUT2D eigenvalue weighted by molar-refractivity contribution is 0.233. The van der Waals surface area contributed by atoms with Gasteiger partial charge in [-0.2, -0.15) is 0 Å². The van der Waals surface area contributed by atoms with Crippen LogP contribution in [0.5, 0.6) is 5.75 Å². The monoisotopic (exact) mass is 279 g/mol. The number of rotatable bonds is 6. The van der Waals surface area contributed by atoms with Crippen molar-refractivity contribution in [3.8, 4) is 5.75 Å². The zero-order valence-corrected chi connectivity index (χ0v) is 11.0. The molecular weight excluding hydrogens is 266 g/mol. The molecule has 19 heavy (non-hydrogen) atoms. The van der Waals surface area contributed by atoms with Crippen LogP contribution in [0.15, 0.2) is 36.5 Å². The third kappa shape index (κ3) is 4.39. The Kier molecular flexibility index (Phi) is 4.94. The average molecular weight is 280 g/mol. The van der Waals surface area contributed by atoms with Gasteiger partial charge in [-0.1, -0.05) is 0 Å². The molecule has 0 radical (unpaired) electrons. The molecular formula is C13H14ClN3O2. The van der Waals surface area contributed by atoms with E-state index in [1.54, 1.807) is 12.3 Å². The number of benzene rings is 1. The van der Waals surface area contributed by atoms with Crippen LogP contribution >= 0.6 is 11.6 Å². The standard InChI is InChI=1S/C13H14ClN3O2/c14-13-15-7-6-12(17-13)16-10-2-4-11(5-3-10)19-9-1-8-18/h2-7,18H,1,8-9H2,(H,15,16,17). The molecule has 0 atom stereocenters. The van der Waals surface area contributed by atoms with Gasteiger partial charge in [0.05, 0.1) is 6.61 Å². The first-order valence-corrected chi connectivity index (χ1v) is 6.25. The van der Waals surface area contributed by atoms with Gasteiger partial charge in [0.2, 0.25) is 5.28 Å². The summed E-state index contributed by atoms with van der Waals surface area (Å²) in [7, 11) is 0. The van der Waals surface area contributed by atoms with Crippen LogP contribution in [-0.2, 0) is 0 Å². The summed E-state index contributed by atoms with van der Waals surface area (Å²) < 4.78 is 5.44. The lowest BCUT2D eigenvalue weighted by atomic mass is 10.3. The fourth-order valence-corrected chi connectivity index (χ4v) is 1.59. The summed E-state index contributed by atoms with van der Waals surface area (Å²) >= 11 is 5.70. The number of aliphatic hydroxyl groups is 1. The van der Waals surface area contributed by atoms with E-state index in [1.165, 1.54) is 0 Å². The van der Waals surface area contributed by atoms with Crippen molar-refractivity contribution >= 4 is 23.1 Å². The first kappa shape index (κ1) is 13.6. The minimum Gasteiger partial charge on any atom is -0.494 e. The third-order valence-electron chi connectivity index (χ3n) is 2.32. The van der Waals surface area contributed by atoms with Crippen LogP contribution in [0.4, 0.5) is 11.5 Å². The Hall–Kier alpha value is -1.85. The number of anilines is 2. The van der Waals surface area contributed by atoms with E-state index < -0.39 is 0 Å². The van der Waals surface area contributed by atoms with E-state index >= 15 is 0 Å². The van der Waals surface area contributed by atoms with Crippen LogP contribution in [0.2, 0.25) is 5.28 Å². The van der Waals surface area contributed by atoms with Gasteiger partial charge in [-0.05, 0) is 41.9 Å². The highest BCUT2D eigenvalue weighted by molar-refractivity contribution is 6.28. The molecule has 1 aromatic heterocycles. The van der Waals surface area contributed by atoms with E-state index in [0.717, 1.165) is 11.4 Å². The Bertz CT molecular complexity index is 520. The largest absolute Gasteiger partial charge is 0.494 e. The van der Waals surface area contributed by atoms with E-state index in [9.17, 15) is 0 Å². The smallest absolute Gasteiger partial charge is 0.224 e. The average Bonchev–Trinajstić information content (AvgIpc) is 2.41. The van der Waals surface area contributed by atoms with Gasteiger partial charge in [-0.25, -0.2) is 9.97 Å². The summed E-state index contributed by atoms with van der Waals surface area (Å²) in [6.07, 6.45) is 2.21. The van der Waals surface area contributed by atoms with Crippen molar-refractivity contribution in [3.63, 3.8) is 0 Å². The van der Waals surface area contributed by atoms with Crippen LogP contribution in [0, 0.1) is 0 Å². The molecule has 2 N–H and O–H groups in total. The van der Waals surface area contributed by atoms with E-state index in [-0.39, 0.29) is 11.9 Å². The summed E-state index contributed by atoms with van der Waals surface area (Å²) in [5.74, 6) is 1.40. The zero-order chi connectivity index (χ0) is 13.5. The molecule has 0 bridgehead atoms. The SMILES string of the molecule is OCCCOc1ccc(Nc2ccnc(Cl)n2)cc1. The number of nitrogens with zero attached hydrogens (tertiary/aromatic N) is 2. The van der Waals surface area contributed by atoms with Gasteiger partial charge < -0.3 is 15.2 Å². The van der Waals surface area contributed by atoms with E-state index in [1.807, 2.05) is 24.3 Å². The number of nitrogens with one attached hydrogen (secondary N) is 1. The maximum atomic E-state index is 8.66. The predicted octanol–water partition coefficient (Wildman–Crippen LogP) is 2.63. The molecule has 5 nitrogen and oxygen atoms in total. The Balaban J connectivity index is 1.95. The van der Waals surface area contributed by atoms with Crippen molar-refractivity contribution in [1.29, 1.82) is 0 Å². The van der Waals surface area contributed by atoms with E-state index in [0.29, 0.717) is 18.8 Å². The molecule has 2 rings (SSSR count). The molecule has 100 valence electrons. The fraction of sp³-hybridized carbons (Fsp3) is 0.231. The number of aromatic nitrogens is 2. The highest BCUT2D eigenvalue weighted by Crippen LogP contribution is 2.19. The lowest BCUT2D eigenvalue weighted by Gasteiger charge is -2.08. The Morgan fingerprint density at radius 3 is 2.68 bits per heavy atom. The van der Waals surface area contributed by atoms with Crippen LogP contribution in [0.1, 0.15) is 6.42 Å². The fourth-order valence-electron chi connectivity index (χ4n) is 1.44. The molecule has 0 saturated carbocycles. The molecule has 0 fully saturated rings. The summed E-state index contributed by atoms with van der Waals surface area (Å²) in [6.45, 7) is 0.638. The van der Waals surface area contributed by atoms with Crippen LogP contribution < -0.4 is 10.1 Å². The van der Waals surface area contributed by atoms with Crippen LogP contribution in [0.25, 0.3) is 0 Å². The van der Waals surface area contributed by atoms with Gasteiger partial charge >= 0.3 is 0 Å². The highest BCUT2D eigenvalue weighted by atomic mass is 35.5. The number of ether oxygens (including phenoxy) is 1. The van der Waals surface area contributed by atoms with Crippen molar-refractivity contribution in [3.05, 3.63) is 41.8 Å². The molecule has 6 heteroatoms. The maximum Gasteiger partial charge on any atom is 0.224 e. The van der Waals surface area contributed by atoms with Gasteiger partial charge in [-0.3, -0.25) is 0 Å². The predicted molar refractivity (Wildman–Crippen MR) is 74.0 cm³/mol. The molecule has 0 unspecified atom stereocenters. The molecule has 1 aromatic carbocycles. The molecule has 0 aliphatic rings. The first-order chi connectivity index (χ1) is 9.28. The van der Waals surface area contributed by atoms with Gasteiger partial charge in [0, 0.05) is 24.9 Å². The van der Waals surface area contributed by atoms with Crippen molar-refractivity contribution in [2.45, 2.75) is 6.42 Å². The summed E-state index contributed by atoms with van der Waals surface area (Å²) in [4.78, 5) is 7.85. The molecule has 0 spiro atoms. The summed E-state index contributed by atoms with van der Waals surface area (Å²) in [5.41, 5.74) is 0.879. The normalized spacial score (nSPS) is 10.2. The van der Waals surface area contributed by atoms with Gasteiger partial charge in [0.15, 0.2) is 0 Å². The second-order valence-electron chi connectivity index (χ2n) is 3.79. The second-order valence-corrected chi connectivity index (χ2v) is 4.12. The van der Waals surface area contributed by atoms with Gasteiger partial charge in [-0.15, -0.1) is 0 Å². The number of hydrogen-bond donors (Lipinski definition) is 2. The first-order valence-electron chi connectivity index (χ1n) is 5.87. The topological polar surface area (TPSA) is 67.3 Å². The van der Waals surface area contributed by atoms with Crippen LogP contribution in [-0.4, -0.2) is 28.3 Å². The number of hydrogen-bond acceptors (Lipinski definition) is 5. The van der Waals surface area contributed by atoms with Gasteiger partial charge in [0.25, 0.3) is 0 Å². The van der Waals surface area contributed by atoms with Crippen LogP contribution in [0.3, 0.4) is 0 Å². The summed E-state index contributed by atoms with van der Waals surface area (Å²) in [5, 5.41) is 12.0. The van der Waals surface area contributed by atoms with Crippen molar-refractivity contribution in [2.24, 2.45) is 0 Å². The molecule has 0 amide bonds. The van der Waals surface area contributed by atoms with E-state index in [4.69, 9.17) is 21.4 Å². The van der Waals surface area contributed by atoms with Crippen molar-refractivity contribution in [2.75, 3.05) is 18.5 Å². The number of aliphatic hydroxyl groups excluding tert-OH is 1. The molecule has 0 aliphatic carbocycles. The van der Waals surface area contributed by atoms with Gasteiger partial charge in [0.1, 0.15) is 11.6 Å². The molecule has 1 heterocycles. The van der Waals surface area contributed by atoms with Crippen molar-refractivity contribution in [1.82, 2.24) is 9.97 Å². The second kappa shape index (κ2) is 6.92. The molecule has 0 aliphatic heterocycles. The number of halogens is 1. The molecule has 2 aromatic rings. The van der Waals surface area contributed by atoms with Crippen molar-refractivity contribution < 1.29 is 9.84 Å². The maximum absolute atomic E-state index is 8.66. The third-order valence-corrected chi connectivity index (χ3v) is 2.51. The zero-order valence-electron chi connectivity index (χ0n) is 10.2. The summed E-state index contributed by atoms with van der Waals surface area (Å²) in [6, 6.07) is 9.19. The Labute approximate surface area is 116 Å².